The molecule has 10 rings (SSSR count). The molecule has 20 heteroatoms. The van der Waals surface area contributed by atoms with E-state index in [9.17, 15) is 29.4 Å². The van der Waals surface area contributed by atoms with E-state index in [2.05, 4.69) is 9.97 Å². The number of nitrogens with zero attached hydrogens (tertiary/aromatic N) is 4. The van der Waals surface area contributed by atoms with Crippen LogP contribution in [0.1, 0.15) is 68.6 Å². The average molecular weight is 931 g/mol. The van der Waals surface area contributed by atoms with Gasteiger partial charge in [-0.2, -0.15) is 0 Å². The van der Waals surface area contributed by atoms with Crippen LogP contribution < -0.4 is 29.8 Å². The fraction of sp³-hybridized carbons (Fsp3) is 0.250. The molecule has 0 unspecified atom stereocenters. The minimum atomic E-state index is -1.32. The van der Waals surface area contributed by atoms with Crippen LogP contribution in [-0.4, -0.2) is 54.5 Å². The van der Waals surface area contributed by atoms with E-state index in [0.29, 0.717) is 90.4 Å². The number of rotatable bonds is 10. The molecule has 6 heterocycles. The smallest absolute Gasteiger partial charge is 0.341 e. The van der Waals surface area contributed by atoms with Crippen molar-refractivity contribution in [3.05, 3.63) is 121 Å². The molecule has 2 fully saturated rings. The number of benzene rings is 2. The monoisotopic (exact) mass is 928 g/mol. The van der Waals surface area contributed by atoms with E-state index >= 15 is 0 Å². The number of carboxylic acids is 2. The number of hydrogen-bond acceptors (Lipinski definition) is 12. The lowest BCUT2D eigenvalue weighted by atomic mass is 10.1. The Labute approximate surface area is 367 Å². The molecule has 0 spiro atoms. The fourth-order valence-corrected chi connectivity index (χ4v) is 9.13. The Morgan fingerprint density at radius 2 is 1.07 bits per heavy atom. The maximum atomic E-state index is 12.4. The van der Waals surface area contributed by atoms with Crippen LogP contribution in [0.5, 0.6) is 23.0 Å². The third kappa shape index (κ3) is 7.83. The summed E-state index contributed by atoms with van der Waals surface area (Å²) < 4.78 is 27.2. The van der Waals surface area contributed by atoms with Crippen LogP contribution in [0.4, 0.5) is 0 Å². The largest absolute Gasteiger partial charge is 0.492 e. The molecule has 14 nitrogen and oxygen atoms in total. The molecule has 0 saturated heterocycles. The van der Waals surface area contributed by atoms with Crippen molar-refractivity contribution in [2.24, 2.45) is 11.8 Å². The maximum absolute atomic E-state index is 12.4. The highest BCUT2D eigenvalue weighted by Crippen LogP contribution is 2.48. The lowest BCUT2D eigenvalue weighted by Gasteiger charge is -2.31. The number of pyridine rings is 2. The zero-order chi connectivity index (χ0) is 42.0. The third-order valence-corrected chi connectivity index (χ3v) is 13.2. The first kappa shape index (κ1) is 40.3. The van der Waals surface area contributed by atoms with Crippen molar-refractivity contribution in [2.45, 2.75) is 38.1 Å². The van der Waals surface area contributed by atoms with Gasteiger partial charge in [-0.05, 0) is 49.7 Å². The van der Waals surface area contributed by atoms with Gasteiger partial charge < -0.3 is 38.3 Å². The summed E-state index contributed by atoms with van der Waals surface area (Å²) in [6.45, 7) is 1.17. The van der Waals surface area contributed by atoms with Crippen LogP contribution in [0, 0.1) is 11.8 Å². The van der Waals surface area contributed by atoms with Gasteiger partial charge in [0.15, 0.2) is 10.9 Å². The Hall–Kier alpha value is -5.10. The van der Waals surface area contributed by atoms with E-state index in [-0.39, 0.29) is 21.4 Å². The van der Waals surface area contributed by atoms with Gasteiger partial charge in [0, 0.05) is 47.8 Å². The van der Waals surface area contributed by atoms with E-state index in [4.69, 9.17) is 65.4 Å². The van der Waals surface area contributed by atoms with E-state index in [1.54, 1.807) is 44.4 Å². The van der Waals surface area contributed by atoms with Gasteiger partial charge in [-0.25, -0.2) is 19.6 Å². The molecule has 4 aliphatic rings. The van der Waals surface area contributed by atoms with Crippen LogP contribution in [0.15, 0.2) is 69.4 Å². The second-order valence-electron chi connectivity index (χ2n) is 14.3. The first-order valence-corrected chi connectivity index (χ1v) is 21.5. The molecular weight excluding hydrogens is 902 g/mol. The quantitative estimate of drug-likeness (QED) is 0.133. The first-order valence-electron chi connectivity index (χ1n) is 18.3. The fourth-order valence-electron chi connectivity index (χ4n) is 6.63. The highest BCUT2D eigenvalue weighted by atomic mass is 35.5. The molecule has 2 atom stereocenters. The lowest BCUT2D eigenvalue weighted by Crippen LogP contribution is -2.27. The molecule has 60 heavy (non-hydrogen) atoms. The Morgan fingerprint density at radius 1 is 0.667 bits per heavy atom. The second kappa shape index (κ2) is 16.1. The van der Waals surface area contributed by atoms with Crippen molar-refractivity contribution < 1.29 is 38.7 Å². The van der Waals surface area contributed by atoms with Crippen LogP contribution >= 0.6 is 69.1 Å². The Bertz CT molecular complexity index is 2660. The van der Waals surface area contributed by atoms with Gasteiger partial charge in [-0.1, -0.05) is 46.4 Å². The number of halogens is 4. The maximum Gasteiger partial charge on any atom is 0.341 e. The van der Waals surface area contributed by atoms with Gasteiger partial charge >= 0.3 is 11.9 Å². The summed E-state index contributed by atoms with van der Waals surface area (Å²) in [7, 11) is 0. The number of hydrogen-bond donors (Lipinski definition) is 2. The summed E-state index contributed by atoms with van der Waals surface area (Å²) in [5.74, 6) is 0.369. The van der Waals surface area contributed by atoms with Crippen molar-refractivity contribution in [3.8, 4) is 45.5 Å². The summed E-state index contributed by atoms with van der Waals surface area (Å²) in [4.78, 5) is 57.1. The number of carbonyl (C=O) groups is 2. The number of fused-ring (bicyclic) bond motifs is 6. The van der Waals surface area contributed by atoms with Crippen LogP contribution in [-0.2, 0) is 0 Å². The molecule has 2 aliphatic carbocycles. The van der Waals surface area contributed by atoms with Gasteiger partial charge in [0.25, 0.3) is 0 Å². The van der Waals surface area contributed by atoms with Crippen LogP contribution in [0.3, 0.4) is 0 Å². The molecule has 0 amide bonds. The van der Waals surface area contributed by atoms with Crippen molar-refractivity contribution in [1.29, 1.82) is 0 Å². The zero-order valence-corrected chi connectivity index (χ0v) is 35.3. The average Bonchev–Trinajstić information content (AvgIpc) is 4.14. The number of carboxylic acid groups (broad SMARTS) is 2. The number of aromatic nitrogens is 4. The zero-order valence-electron chi connectivity index (χ0n) is 30.6. The molecule has 2 N–H and O–H groups in total. The van der Waals surface area contributed by atoms with Gasteiger partial charge in [0.1, 0.15) is 54.2 Å². The molecule has 0 radical (unpaired) electrons. The Kier molecular flexibility index (Phi) is 10.8. The molecule has 2 aromatic carbocycles. The molecule has 0 bridgehead atoms. The van der Waals surface area contributed by atoms with Crippen LogP contribution in [0.25, 0.3) is 22.5 Å². The summed E-state index contributed by atoms with van der Waals surface area (Å²) in [5, 5.41) is 20.0. The number of thiazole rings is 2. The first-order chi connectivity index (χ1) is 28.8. The molecule has 2 aliphatic heterocycles. The predicted octanol–water partition coefficient (Wildman–Crippen LogP) is 9.41. The van der Waals surface area contributed by atoms with Gasteiger partial charge in [0.2, 0.25) is 12.5 Å². The van der Waals surface area contributed by atoms with E-state index in [1.165, 1.54) is 47.2 Å². The van der Waals surface area contributed by atoms with E-state index < -0.39 is 35.3 Å². The molecule has 308 valence electrons. The molecule has 4 aromatic heterocycles. The van der Waals surface area contributed by atoms with Crippen molar-refractivity contribution in [2.75, 3.05) is 13.2 Å². The predicted molar refractivity (Wildman–Crippen MR) is 224 cm³/mol. The highest BCUT2D eigenvalue weighted by molar-refractivity contribution is 7.10. The van der Waals surface area contributed by atoms with Gasteiger partial charge in [-0.15, -0.1) is 22.7 Å². The Morgan fingerprint density at radius 3 is 1.40 bits per heavy atom. The minimum absolute atomic E-state index is 0.245. The van der Waals surface area contributed by atoms with Gasteiger partial charge in [-0.3, -0.25) is 9.59 Å². The van der Waals surface area contributed by atoms with E-state index in [0.717, 1.165) is 25.7 Å². The SMILES string of the molecule is O=C(O)c1cn2c(cc1=O)-c1cc(Cl)c(OCC3CC3)cc1O[C@@H]2c1scnc1Cl.O=C(O)c1cn2c(cc1=O)-c1cc(Cl)c(OCC3CC3)cc1O[C@H]2c1scnc1Cl. The van der Waals surface area contributed by atoms with Gasteiger partial charge in [0.05, 0.1) is 45.7 Å². The van der Waals surface area contributed by atoms with Crippen LogP contribution in [0.2, 0.25) is 20.4 Å². The topological polar surface area (TPSA) is 181 Å². The highest BCUT2D eigenvalue weighted by Gasteiger charge is 2.34. The standard InChI is InChI=1S/2C20H14Cl2N2O5S/c2*21-12-3-10-13-4-14(25)11(20(26)27)6-24(13)19(17-18(22)23-8-30-17)29-15(10)5-16(12)28-7-9-1-2-9/h2*3-6,8-9,19H,1-2,7H2,(H,26,27)/t2*19-/m10/s1. The summed E-state index contributed by atoms with van der Waals surface area (Å²) >= 11 is 27.8. The second-order valence-corrected chi connectivity index (χ2v) is 17.6. The normalized spacial score (nSPS) is 17.1. The molecule has 2 saturated carbocycles. The third-order valence-electron chi connectivity index (χ3n) is 10.1. The van der Waals surface area contributed by atoms with E-state index in [1.807, 2.05) is 0 Å². The summed E-state index contributed by atoms with van der Waals surface area (Å²) in [5.41, 5.74) is 3.24. The molecular formula is C40H28Cl4N4O10S2. The van der Waals surface area contributed by atoms with Crippen molar-refractivity contribution in [3.63, 3.8) is 0 Å². The van der Waals surface area contributed by atoms with Crippen molar-refractivity contribution in [1.82, 2.24) is 19.1 Å². The minimum Gasteiger partial charge on any atom is -0.492 e. The summed E-state index contributed by atoms with van der Waals surface area (Å²) in [6.07, 6.45) is 5.53. The lowest BCUT2D eigenvalue weighted by molar-refractivity contribution is 0.0682. The molecule has 6 aromatic rings. The summed E-state index contributed by atoms with van der Waals surface area (Å²) in [6, 6.07) is 9.26. The van der Waals surface area contributed by atoms with Crippen molar-refractivity contribution >= 4 is 81.0 Å². The number of ether oxygens (including phenoxy) is 4. The number of aromatic carboxylic acids is 2. The Balaban J connectivity index is 0.000000154.